The first kappa shape index (κ1) is 18.6. The highest BCUT2D eigenvalue weighted by Gasteiger charge is 2.14. The van der Waals surface area contributed by atoms with Gasteiger partial charge >= 0.3 is 0 Å². The molecule has 0 saturated carbocycles. The molecule has 0 saturated heterocycles. The molecule has 0 radical (unpaired) electrons. The van der Waals surface area contributed by atoms with Crippen LogP contribution in [-0.4, -0.2) is 6.79 Å². The van der Waals surface area contributed by atoms with Crippen molar-refractivity contribution in [2.24, 2.45) is 0 Å². The van der Waals surface area contributed by atoms with E-state index in [4.69, 9.17) is 25.8 Å². The molecule has 150 valence electrons. The van der Waals surface area contributed by atoms with Gasteiger partial charge in [-0.15, -0.1) is 0 Å². The summed E-state index contributed by atoms with van der Waals surface area (Å²) in [5, 5.41) is 6.52. The topological polar surface area (TPSA) is 39.7 Å². The highest BCUT2D eigenvalue weighted by molar-refractivity contribution is 6.31. The van der Waals surface area contributed by atoms with Crippen molar-refractivity contribution in [2.45, 2.75) is 13.2 Å². The van der Waals surface area contributed by atoms with E-state index in [1.54, 1.807) is 0 Å². The van der Waals surface area contributed by atoms with Gasteiger partial charge in [0.05, 0.1) is 0 Å². The Bertz CT molecular complexity index is 1210. The number of fused-ring (bicyclic) bond motifs is 2. The number of anilines is 1. The fourth-order valence-electron chi connectivity index (χ4n) is 3.60. The van der Waals surface area contributed by atoms with Crippen LogP contribution in [0.5, 0.6) is 17.2 Å². The van der Waals surface area contributed by atoms with E-state index >= 15 is 0 Å². The van der Waals surface area contributed by atoms with Crippen molar-refractivity contribution in [3.8, 4) is 17.2 Å². The second-order valence-electron chi connectivity index (χ2n) is 7.07. The minimum absolute atomic E-state index is 0.266. The van der Waals surface area contributed by atoms with Gasteiger partial charge in [-0.2, -0.15) is 0 Å². The molecule has 1 heterocycles. The van der Waals surface area contributed by atoms with Crippen molar-refractivity contribution in [3.63, 3.8) is 0 Å². The summed E-state index contributed by atoms with van der Waals surface area (Å²) in [4.78, 5) is 0. The van der Waals surface area contributed by atoms with Crippen LogP contribution in [0.3, 0.4) is 0 Å². The van der Waals surface area contributed by atoms with E-state index in [0.717, 1.165) is 39.4 Å². The summed E-state index contributed by atoms with van der Waals surface area (Å²) < 4.78 is 17.1. The smallest absolute Gasteiger partial charge is 0.231 e. The lowest BCUT2D eigenvalue weighted by molar-refractivity contribution is 0.174. The Morgan fingerprint density at radius 2 is 1.70 bits per heavy atom. The van der Waals surface area contributed by atoms with Crippen molar-refractivity contribution in [3.05, 3.63) is 95.0 Å². The molecule has 1 aliphatic heterocycles. The lowest BCUT2D eigenvalue weighted by Gasteiger charge is -2.16. The van der Waals surface area contributed by atoms with E-state index in [-0.39, 0.29) is 6.79 Å². The van der Waals surface area contributed by atoms with Crippen LogP contribution in [0, 0.1) is 0 Å². The number of rotatable bonds is 6. The first-order valence-electron chi connectivity index (χ1n) is 9.78. The monoisotopic (exact) mass is 417 g/mol. The SMILES string of the molecule is Clc1ccccc1COc1ccc2ccccc2c1CNc1ccc2c(c1)OCO2. The summed E-state index contributed by atoms with van der Waals surface area (Å²) in [6.07, 6.45) is 0. The van der Waals surface area contributed by atoms with Gasteiger partial charge in [0.15, 0.2) is 11.5 Å². The number of nitrogens with one attached hydrogen (secondary N) is 1. The van der Waals surface area contributed by atoms with E-state index < -0.39 is 0 Å². The largest absolute Gasteiger partial charge is 0.488 e. The Morgan fingerprint density at radius 3 is 2.63 bits per heavy atom. The molecule has 1 aliphatic rings. The summed E-state index contributed by atoms with van der Waals surface area (Å²) in [5.74, 6) is 2.37. The lowest BCUT2D eigenvalue weighted by Crippen LogP contribution is -2.05. The zero-order valence-electron chi connectivity index (χ0n) is 16.2. The number of ether oxygens (including phenoxy) is 3. The van der Waals surface area contributed by atoms with Gasteiger partial charge in [0.2, 0.25) is 6.79 Å². The molecule has 0 aliphatic carbocycles. The fourth-order valence-corrected chi connectivity index (χ4v) is 3.79. The minimum atomic E-state index is 0.266. The third-order valence-corrected chi connectivity index (χ3v) is 5.55. The number of hydrogen-bond acceptors (Lipinski definition) is 4. The summed E-state index contributed by atoms with van der Waals surface area (Å²) in [7, 11) is 0. The van der Waals surface area contributed by atoms with E-state index in [1.807, 2.05) is 60.7 Å². The lowest BCUT2D eigenvalue weighted by atomic mass is 10.0. The van der Waals surface area contributed by atoms with Crippen LogP contribution in [0.25, 0.3) is 10.8 Å². The zero-order valence-corrected chi connectivity index (χ0v) is 17.0. The zero-order chi connectivity index (χ0) is 20.3. The van der Waals surface area contributed by atoms with Gasteiger partial charge in [-0.05, 0) is 35.0 Å². The minimum Gasteiger partial charge on any atom is -0.488 e. The molecule has 30 heavy (non-hydrogen) atoms. The van der Waals surface area contributed by atoms with Crippen LogP contribution in [-0.2, 0) is 13.2 Å². The predicted molar refractivity (Wildman–Crippen MR) is 120 cm³/mol. The van der Waals surface area contributed by atoms with E-state index in [1.165, 1.54) is 5.39 Å². The first-order chi connectivity index (χ1) is 14.8. The Kier molecular flexibility index (Phi) is 5.08. The van der Waals surface area contributed by atoms with Gasteiger partial charge in [-0.3, -0.25) is 0 Å². The van der Waals surface area contributed by atoms with Crippen molar-refractivity contribution in [2.75, 3.05) is 12.1 Å². The average Bonchev–Trinajstić information content (AvgIpc) is 3.25. The van der Waals surface area contributed by atoms with Crippen LogP contribution in [0.1, 0.15) is 11.1 Å². The predicted octanol–water partition coefficient (Wildman–Crippen LogP) is 6.41. The van der Waals surface area contributed by atoms with Crippen LogP contribution >= 0.6 is 11.6 Å². The van der Waals surface area contributed by atoms with Gasteiger partial charge in [0, 0.05) is 34.4 Å². The highest BCUT2D eigenvalue weighted by atomic mass is 35.5. The molecule has 4 aromatic rings. The normalized spacial score (nSPS) is 12.2. The molecule has 0 atom stereocenters. The quantitative estimate of drug-likeness (QED) is 0.393. The van der Waals surface area contributed by atoms with Gasteiger partial charge in [0.25, 0.3) is 0 Å². The van der Waals surface area contributed by atoms with E-state index in [0.29, 0.717) is 18.2 Å². The molecule has 5 heteroatoms. The molecule has 0 fully saturated rings. The van der Waals surface area contributed by atoms with Crippen LogP contribution < -0.4 is 19.5 Å². The Balaban J connectivity index is 1.43. The molecule has 5 rings (SSSR count). The van der Waals surface area contributed by atoms with Crippen molar-refractivity contribution in [1.29, 1.82) is 0 Å². The van der Waals surface area contributed by atoms with Crippen molar-refractivity contribution >= 4 is 28.1 Å². The standard InChI is InChI=1S/C25H20ClNO3/c26-22-8-4-2-6-18(22)15-28-23-11-9-17-5-1-3-7-20(17)21(23)14-27-19-10-12-24-25(13-19)30-16-29-24/h1-13,27H,14-16H2. The number of halogens is 1. The summed E-state index contributed by atoms with van der Waals surface area (Å²) >= 11 is 6.30. The average molecular weight is 418 g/mol. The van der Waals surface area contributed by atoms with Gasteiger partial charge < -0.3 is 19.5 Å². The maximum atomic E-state index is 6.30. The third-order valence-electron chi connectivity index (χ3n) is 5.18. The second kappa shape index (κ2) is 8.17. The molecule has 0 amide bonds. The Labute approximate surface area is 180 Å². The van der Waals surface area contributed by atoms with Crippen molar-refractivity contribution in [1.82, 2.24) is 0 Å². The third kappa shape index (κ3) is 3.74. The van der Waals surface area contributed by atoms with Crippen LogP contribution in [0.4, 0.5) is 5.69 Å². The first-order valence-corrected chi connectivity index (χ1v) is 10.2. The van der Waals surface area contributed by atoms with E-state index in [2.05, 4.69) is 23.5 Å². The molecular weight excluding hydrogens is 398 g/mol. The van der Waals surface area contributed by atoms with E-state index in [9.17, 15) is 0 Å². The Morgan fingerprint density at radius 1 is 0.867 bits per heavy atom. The molecule has 4 nitrogen and oxygen atoms in total. The molecular formula is C25H20ClNO3. The second-order valence-corrected chi connectivity index (χ2v) is 7.47. The molecule has 0 unspecified atom stereocenters. The molecule has 4 aromatic carbocycles. The fraction of sp³-hybridized carbons (Fsp3) is 0.120. The van der Waals surface area contributed by atoms with Gasteiger partial charge in [0.1, 0.15) is 12.4 Å². The maximum absolute atomic E-state index is 6.30. The van der Waals surface area contributed by atoms with Gasteiger partial charge in [-0.1, -0.05) is 60.1 Å². The summed E-state index contributed by atoms with van der Waals surface area (Å²) in [5.41, 5.74) is 3.02. The summed E-state index contributed by atoms with van der Waals surface area (Å²) in [6.45, 7) is 1.29. The number of benzene rings is 4. The van der Waals surface area contributed by atoms with Crippen molar-refractivity contribution < 1.29 is 14.2 Å². The van der Waals surface area contributed by atoms with Gasteiger partial charge in [-0.25, -0.2) is 0 Å². The molecule has 0 bridgehead atoms. The molecule has 1 N–H and O–H groups in total. The molecule has 0 aromatic heterocycles. The molecule has 0 spiro atoms. The summed E-state index contributed by atoms with van der Waals surface area (Å²) in [6, 6.07) is 26.0. The van der Waals surface area contributed by atoms with Crippen LogP contribution in [0.2, 0.25) is 5.02 Å². The maximum Gasteiger partial charge on any atom is 0.231 e. The highest BCUT2D eigenvalue weighted by Crippen LogP contribution is 2.35. The Hall–Kier alpha value is -3.37. The number of hydrogen-bond donors (Lipinski definition) is 1. The van der Waals surface area contributed by atoms with Crippen LogP contribution in [0.15, 0.2) is 78.9 Å².